The summed E-state index contributed by atoms with van der Waals surface area (Å²) in [4.78, 5) is 28.3. The number of carbonyl (C=O) groups is 2. The third kappa shape index (κ3) is 4.58. The van der Waals surface area contributed by atoms with Gasteiger partial charge in [0.1, 0.15) is 0 Å². The molecule has 136 valence electrons. The van der Waals surface area contributed by atoms with Crippen LogP contribution in [0.25, 0.3) is 0 Å². The lowest BCUT2D eigenvalue weighted by atomic mass is 10.1. The van der Waals surface area contributed by atoms with Crippen LogP contribution in [0.2, 0.25) is 0 Å². The Morgan fingerprint density at radius 3 is 2.44 bits per heavy atom. The quantitative estimate of drug-likeness (QED) is 0.636. The molecule has 5 nitrogen and oxygen atoms in total. The zero-order chi connectivity index (χ0) is 19.4. The number of aryl methyl sites for hydroxylation is 2. The van der Waals surface area contributed by atoms with E-state index in [1.54, 1.807) is 24.4 Å². The molecule has 0 aliphatic carbocycles. The second-order valence-electron chi connectivity index (χ2n) is 6.50. The van der Waals surface area contributed by atoms with E-state index in [0.29, 0.717) is 16.8 Å². The zero-order valence-corrected chi connectivity index (χ0v) is 15.5. The molecule has 1 amide bonds. The monoisotopic (exact) mass is 359 g/mol. The molecule has 5 heteroatoms. The molecule has 2 N–H and O–H groups in total. The van der Waals surface area contributed by atoms with Crippen molar-refractivity contribution >= 4 is 28.8 Å². The third-order valence-electron chi connectivity index (χ3n) is 4.20. The van der Waals surface area contributed by atoms with Gasteiger partial charge in [-0.2, -0.15) is 0 Å². The Kier molecular flexibility index (Phi) is 5.31. The van der Waals surface area contributed by atoms with Gasteiger partial charge in [-0.05, 0) is 56.2 Å². The maximum atomic E-state index is 12.6. The number of hydrogen-bond donors (Lipinski definition) is 2. The van der Waals surface area contributed by atoms with E-state index >= 15 is 0 Å². The lowest BCUT2D eigenvalue weighted by Crippen LogP contribution is -2.13. The van der Waals surface area contributed by atoms with Crippen molar-refractivity contribution in [3.8, 4) is 0 Å². The van der Waals surface area contributed by atoms with Crippen LogP contribution in [0, 0.1) is 13.8 Å². The minimum absolute atomic E-state index is 0.00146. The van der Waals surface area contributed by atoms with E-state index in [1.165, 1.54) is 13.1 Å². The van der Waals surface area contributed by atoms with Gasteiger partial charge in [0, 0.05) is 23.1 Å². The van der Waals surface area contributed by atoms with Crippen LogP contribution in [0.5, 0.6) is 0 Å². The highest BCUT2D eigenvalue weighted by molar-refractivity contribution is 6.05. The fraction of sp³-hybridized carbons (Fsp3) is 0.136. The van der Waals surface area contributed by atoms with E-state index in [1.807, 2.05) is 44.2 Å². The predicted molar refractivity (Wildman–Crippen MR) is 108 cm³/mol. The summed E-state index contributed by atoms with van der Waals surface area (Å²) < 4.78 is 0. The second-order valence-corrected chi connectivity index (χ2v) is 6.50. The number of aromatic nitrogens is 1. The molecule has 2 aromatic carbocycles. The van der Waals surface area contributed by atoms with Gasteiger partial charge in [0.15, 0.2) is 5.78 Å². The first kappa shape index (κ1) is 18.3. The number of rotatable bonds is 5. The predicted octanol–water partition coefficient (Wildman–Crippen LogP) is 4.90. The van der Waals surface area contributed by atoms with Gasteiger partial charge in [-0.3, -0.25) is 14.6 Å². The standard InChI is InChI=1S/C22H21N3O2/c1-14-7-8-15(2)21(9-14)25-22(27)18-11-20(13-23-12-18)24-19-6-4-5-17(10-19)16(3)26/h4-13,24H,1-3H3,(H,25,27). The number of nitrogens with one attached hydrogen (secondary N) is 2. The van der Waals surface area contributed by atoms with Gasteiger partial charge < -0.3 is 10.6 Å². The third-order valence-corrected chi connectivity index (χ3v) is 4.20. The molecule has 0 saturated carbocycles. The number of benzene rings is 2. The van der Waals surface area contributed by atoms with Gasteiger partial charge >= 0.3 is 0 Å². The Morgan fingerprint density at radius 2 is 1.67 bits per heavy atom. The fourth-order valence-corrected chi connectivity index (χ4v) is 2.68. The highest BCUT2D eigenvalue weighted by atomic mass is 16.1. The number of hydrogen-bond acceptors (Lipinski definition) is 4. The average molecular weight is 359 g/mol. The van der Waals surface area contributed by atoms with Crippen LogP contribution >= 0.6 is 0 Å². The molecule has 3 rings (SSSR count). The van der Waals surface area contributed by atoms with Crippen LogP contribution in [0.3, 0.4) is 0 Å². The Hall–Kier alpha value is -3.47. The Morgan fingerprint density at radius 1 is 0.889 bits per heavy atom. The summed E-state index contributed by atoms with van der Waals surface area (Å²) in [6, 6.07) is 14.9. The number of anilines is 3. The highest BCUT2D eigenvalue weighted by Crippen LogP contribution is 2.20. The molecule has 0 unspecified atom stereocenters. The van der Waals surface area contributed by atoms with Gasteiger partial charge in [0.05, 0.1) is 17.4 Å². The van der Waals surface area contributed by atoms with Crippen molar-refractivity contribution < 1.29 is 9.59 Å². The minimum Gasteiger partial charge on any atom is -0.354 e. The van der Waals surface area contributed by atoms with Gasteiger partial charge in [-0.1, -0.05) is 24.3 Å². The second kappa shape index (κ2) is 7.83. The van der Waals surface area contributed by atoms with E-state index in [2.05, 4.69) is 15.6 Å². The van der Waals surface area contributed by atoms with Crippen molar-refractivity contribution in [3.05, 3.63) is 83.2 Å². The molecule has 0 atom stereocenters. The maximum Gasteiger partial charge on any atom is 0.257 e. The molecule has 1 heterocycles. The molecule has 0 spiro atoms. The average Bonchev–Trinajstić information content (AvgIpc) is 2.65. The molecule has 0 aliphatic heterocycles. The lowest BCUT2D eigenvalue weighted by Gasteiger charge is -2.11. The summed E-state index contributed by atoms with van der Waals surface area (Å²) in [5, 5.41) is 6.12. The SMILES string of the molecule is CC(=O)c1cccc(Nc2cncc(C(=O)Nc3cc(C)ccc3C)c2)c1. The number of pyridine rings is 1. The number of Topliss-reactive ketones (excluding diaryl/α,β-unsaturated/α-hetero) is 1. The van der Waals surface area contributed by atoms with Crippen molar-refractivity contribution in [2.24, 2.45) is 0 Å². The largest absolute Gasteiger partial charge is 0.354 e. The summed E-state index contributed by atoms with van der Waals surface area (Å²) in [5.74, 6) is -0.226. The van der Waals surface area contributed by atoms with Crippen LogP contribution in [-0.2, 0) is 0 Å². The molecule has 0 fully saturated rings. The summed E-state index contributed by atoms with van der Waals surface area (Å²) in [6.07, 6.45) is 3.16. The highest BCUT2D eigenvalue weighted by Gasteiger charge is 2.10. The van der Waals surface area contributed by atoms with Crippen LogP contribution in [0.1, 0.15) is 38.8 Å². The number of carbonyl (C=O) groups excluding carboxylic acids is 2. The first-order chi connectivity index (χ1) is 12.9. The van der Waals surface area contributed by atoms with Crippen molar-refractivity contribution in [3.63, 3.8) is 0 Å². The molecule has 0 radical (unpaired) electrons. The van der Waals surface area contributed by atoms with Crippen LogP contribution in [-0.4, -0.2) is 16.7 Å². The van der Waals surface area contributed by atoms with Crippen LogP contribution < -0.4 is 10.6 Å². The van der Waals surface area contributed by atoms with Gasteiger partial charge in [-0.15, -0.1) is 0 Å². The first-order valence-corrected chi connectivity index (χ1v) is 8.64. The molecular formula is C22H21N3O2. The maximum absolute atomic E-state index is 12.6. The van der Waals surface area contributed by atoms with E-state index in [4.69, 9.17) is 0 Å². The zero-order valence-electron chi connectivity index (χ0n) is 15.5. The smallest absolute Gasteiger partial charge is 0.257 e. The minimum atomic E-state index is -0.225. The first-order valence-electron chi connectivity index (χ1n) is 8.64. The van der Waals surface area contributed by atoms with Crippen molar-refractivity contribution in [1.82, 2.24) is 4.98 Å². The topological polar surface area (TPSA) is 71.1 Å². The lowest BCUT2D eigenvalue weighted by molar-refractivity contribution is 0.101. The van der Waals surface area contributed by atoms with E-state index in [0.717, 1.165) is 22.5 Å². The number of nitrogens with zero attached hydrogens (tertiary/aromatic N) is 1. The van der Waals surface area contributed by atoms with E-state index < -0.39 is 0 Å². The fourth-order valence-electron chi connectivity index (χ4n) is 2.68. The Bertz CT molecular complexity index is 1010. The van der Waals surface area contributed by atoms with Gasteiger partial charge in [-0.25, -0.2) is 0 Å². The molecule has 0 aliphatic rings. The normalized spacial score (nSPS) is 10.3. The van der Waals surface area contributed by atoms with Gasteiger partial charge in [0.2, 0.25) is 0 Å². The summed E-state index contributed by atoms with van der Waals surface area (Å²) >= 11 is 0. The van der Waals surface area contributed by atoms with E-state index in [9.17, 15) is 9.59 Å². The Labute approximate surface area is 158 Å². The molecule has 1 aromatic heterocycles. The summed E-state index contributed by atoms with van der Waals surface area (Å²) in [6.45, 7) is 5.46. The van der Waals surface area contributed by atoms with E-state index in [-0.39, 0.29) is 11.7 Å². The van der Waals surface area contributed by atoms with Crippen molar-refractivity contribution in [2.45, 2.75) is 20.8 Å². The van der Waals surface area contributed by atoms with Gasteiger partial charge in [0.25, 0.3) is 5.91 Å². The number of ketones is 1. The molecule has 0 saturated heterocycles. The molecule has 27 heavy (non-hydrogen) atoms. The van der Waals surface area contributed by atoms with Crippen LogP contribution in [0.4, 0.5) is 17.1 Å². The summed E-state index contributed by atoms with van der Waals surface area (Å²) in [7, 11) is 0. The molecule has 0 bridgehead atoms. The van der Waals surface area contributed by atoms with Crippen LogP contribution in [0.15, 0.2) is 60.9 Å². The van der Waals surface area contributed by atoms with Crippen molar-refractivity contribution in [1.29, 1.82) is 0 Å². The summed E-state index contributed by atoms with van der Waals surface area (Å²) in [5.41, 5.74) is 5.36. The Balaban J connectivity index is 1.79. The molecular weight excluding hydrogens is 338 g/mol. The van der Waals surface area contributed by atoms with Crippen molar-refractivity contribution in [2.75, 3.05) is 10.6 Å². The number of amides is 1. The molecule has 3 aromatic rings.